The molecule has 0 saturated heterocycles. The standard InChI is InChI=1S/C15H11ClO3/c16-12-4-2-1-3-10(12)7-13(17)11-5-6-14-15(8-11)19-9-18-14/h1-6,8H,7,9H2. The Morgan fingerprint density at radius 1 is 1.11 bits per heavy atom. The monoisotopic (exact) mass is 274 g/mol. The van der Waals surface area contributed by atoms with E-state index in [1.54, 1.807) is 24.3 Å². The van der Waals surface area contributed by atoms with Gasteiger partial charge in [-0.15, -0.1) is 0 Å². The molecule has 0 bridgehead atoms. The van der Waals surface area contributed by atoms with Crippen LogP contribution in [0.4, 0.5) is 0 Å². The molecule has 0 N–H and O–H groups in total. The van der Waals surface area contributed by atoms with Crippen molar-refractivity contribution in [2.24, 2.45) is 0 Å². The molecule has 2 aromatic carbocycles. The number of carbonyl (C=O) groups excluding carboxylic acids is 1. The van der Waals surface area contributed by atoms with E-state index in [-0.39, 0.29) is 19.0 Å². The lowest BCUT2D eigenvalue weighted by atomic mass is 10.0. The summed E-state index contributed by atoms with van der Waals surface area (Å²) in [4.78, 5) is 12.2. The molecule has 2 aromatic rings. The van der Waals surface area contributed by atoms with Gasteiger partial charge in [0.05, 0.1) is 0 Å². The van der Waals surface area contributed by atoms with Gasteiger partial charge < -0.3 is 9.47 Å². The van der Waals surface area contributed by atoms with E-state index < -0.39 is 0 Å². The predicted molar refractivity (Wildman–Crippen MR) is 72.1 cm³/mol. The second-order valence-corrected chi connectivity index (χ2v) is 4.67. The molecule has 0 atom stereocenters. The highest BCUT2D eigenvalue weighted by Gasteiger charge is 2.16. The quantitative estimate of drug-likeness (QED) is 0.804. The van der Waals surface area contributed by atoms with Crippen molar-refractivity contribution in [1.82, 2.24) is 0 Å². The van der Waals surface area contributed by atoms with Gasteiger partial charge in [-0.2, -0.15) is 0 Å². The first-order chi connectivity index (χ1) is 9.24. The molecule has 0 saturated carbocycles. The van der Waals surface area contributed by atoms with Crippen molar-refractivity contribution in [3.8, 4) is 11.5 Å². The third-order valence-electron chi connectivity index (χ3n) is 3.00. The first kappa shape index (κ1) is 12.1. The van der Waals surface area contributed by atoms with Crippen molar-refractivity contribution < 1.29 is 14.3 Å². The largest absolute Gasteiger partial charge is 0.454 e. The number of carbonyl (C=O) groups is 1. The maximum absolute atomic E-state index is 12.2. The van der Waals surface area contributed by atoms with E-state index in [2.05, 4.69) is 0 Å². The van der Waals surface area contributed by atoms with Gasteiger partial charge in [0, 0.05) is 17.0 Å². The summed E-state index contributed by atoms with van der Waals surface area (Å²) in [6, 6.07) is 12.6. The van der Waals surface area contributed by atoms with Crippen molar-refractivity contribution in [2.75, 3.05) is 6.79 Å². The summed E-state index contributed by atoms with van der Waals surface area (Å²) >= 11 is 6.05. The number of halogens is 1. The molecule has 0 aliphatic carbocycles. The second kappa shape index (κ2) is 4.94. The maximum atomic E-state index is 12.2. The predicted octanol–water partition coefficient (Wildman–Crippen LogP) is 3.49. The average Bonchev–Trinajstić information content (AvgIpc) is 2.88. The van der Waals surface area contributed by atoms with Crippen LogP contribution in [0.25, 0.3) is 0 Å². The van der Waals surface area contributed by atoms with Crippen LogP contribution in [-0.2, 0) is 6.42 Å². The summed E-state index contributed by atoms with van der Waals surface area (Å²) in [5, 5.41) is 0.608. The lowest BCUT2D eigenvalue weighted by molar-refractivity contribution is 0.0992. The number of hydrogen-bond donors (Lipinski definition) is 0. The number of ether oxygens (including phenoxy) is 2. The molecule has 0 radical (unpaired) electrons. The van der Waals surface area contributed by atoms with Crippen molar-refractivity contribution in [3.63, 3.8) is 0 Å². The smallest absolute Gasteiger partial charge is 0.231 e. The highest BCUT2D eigenvalue weighted by Crippen LogP contribution is 2.33. The van der Waals surface area contributed by atoms with Crippen LogP contribution in [0.15, 0.2) is 42.5 Å². The van der Waals surface area contributed by atoms with Crippen LogP contribution in [0.5, 0.6) is 11.5 Å². The summed E-state index contributed by atoms with van der Waals surface area (Å²) in [5.74, 6) is 1.30. The van der Waals surface area contributed by atoms with E-state index in [1.165, 1.54) is 0 Å². The molecule has 3 rings (SSSR count). The van der Waals surface area contributed by atoms with Crippen LogP contribution in [-0.4, -0.2) is 12.6 Å². The molecule has 0 unspecified atom stereocenters. The Hall–Kier alpha value is -2.00. The van der Waals surface area contributed by atoms with Gasteiger partial charge in [-0.1, -0.05) is 29.8 Å². The second-order valence-electron chi connectivity index (χ2n) is 4.26. The molecule has 4 heteroatoms. The molecule has 0 amide bonds. The third kappa shape index (κ3) is 2.42. The van der Waals surface area contributed by atoms with E-state index in [0.717, 1.165) is 5.56 Å². The molecule has 1 aliphatic rings. The highest BCUT2D eigenvalue weighted by molar-refractivity contribution is 6.31. The Balaban J connectivity index is 1.83. The van der Waals surface area contributed by atoms with Gasteiger partial charge >= 0.3 is 0 Å². The van der Waals surface area contributed by atoms with Gasteiger partial charge in [-0.25, -0.2) is 0 Å². The number of rotatable bonds is 3. The number of fused-ring (bicyclic) bond motifs is 1. The first-order valence-electron chi connectivity index (χ1n) is 5.90. The van der Waals surface area contributed by atoms with Gasteiger partial charge in [0.2, 0.25) is 6.79 Å². The molecule has 19 heavy (non-hydrogen) atoms. The van der Waals surface area contributed by atoms with E-state index in [9.17, 15) is 4.79 Å². The fourth-order valence-electron chi connectivity index (χ4n) is 1.99. The topological polar surface area (TPSA) is 35.5 Å². The number of Topliss-reactive ketones (excluding diaryl/α,β-unsaturated/α-hetero) is 1. The highest BCUT2D eigenvalue weighted by atomic mass is 35.5. The summed E-state index contributed by atoms with van der Waals surface area (Å²) in [6.45, 7) is 0.206. The average molecular weight is 275 g/mol. The zero-order chi connectivity index (χ0) is 13.2. The van der Waals surface area contributed by atoms with Gasteiger partial charge in [0.15, 0.2) is 17.3 Å². The van der Waals surface area contributed by atoms with E-state index >= 15 is 0 Å². The Kier molecular flexibility index (Phi) is 3.13. The molecule has 96 valence electrons. The van der Waals surface area contributed by atoms with Gasteiger partial charge in [-0.3, -0.25) is 4.79 Å². The van der Waals surface area contributed by atoms with Gasteiger partial charge in [-0.05, 0) is 29.8 Å². The summed E-state index contributed by atoms with van der Waals surface area (Å²) < 4.78 is 10.5. The molecule has 0 spiro atoms. The number of benzene rings is 2. The summed E-state index contributed by atoms with van der Waals surface area (Å²) in [6.07, 6.45) is 0.277. The fraction of sp³-hybridized carbons (Fsp3) is 0.133. The molecule has 1 heterocycles. The van der Waals surface area contributed by atoms with E-state index in [4.69, 9.17) is 21.1 Å². The van der Waals surface area contributed by atoms with Crippen LogP contribution in [0.2, 0.25) is 5.02 Å². The fourth-order valence-corrected chi connectivity index (χ4v) is 2.19. The van der Waals surface area contributed by atoms with Crippen molar-refractivity contribution in [1.29, 1.82) is 0 Å². The van der Waals surface area contributed by atoms with Crippen molar-refractivity contribution in [3.05, 3.63) is 58.6 Å². The summed E-state index contributed by atoms with van der Waals surface area (Å²) in [7, 11) is 0. The Morgan fingerprint density at radius 3 is 2.74 bits per heavy atom. The lowest BCUT2D eigenvalue weighted by Gasteiger charge is -2.04. The van der Waals surface area contributed by atoms with Crippen LogP contribution < -0.4 is 9.47 Å². The van der Waals surface area contributed by atoms with Gasteiger partial charge in [0.1, 0.15) is 0 Å². The van der Waals surface area contributed by atoms with Crippen LogP contribution in [0, 0.1) is 0 Å². The minimum absolute atomic E-state index is 0.00593. The van der Waals surface area contributed by atoms with E-state index in [0.29, 0.717) is 22.1 Å². The maximum Gasteiger partial charge on any atom is 0.231 e. The van der Waals surface area contributed by atoms with Crippen LogP contribution in [0.3, 0.4) is 0 Å². The van der Waals surface area contributed by atoms with Crippen LogP contribution >= 0.6 is 11.6 Å². The molecule has 3 nitrogen and oxygen atoms in total. The lowest BCUT2D eigenvalue weighted by Crippen LogP contribution is -2.03. The molecule has 0 fully saturated rings. The minimum Gasteiger partial charge on any atom is -0.454 e. The molecular formula is C15H11ClO3. The van der Waals surface area contributed by atoms with Gasteiger partial charge in [0.25, 0.3) is 0 Å². The Bertz CT molecular complexity index is 637. The zero-order valence-corrected chi connectivity index (χ0v) is 10.8. The number of hydrogen-bond acceptors (Lipinski definition) is 3. The normalized spacial score (nSPS) is 12.5. The SMILES string of the molecule is O=C(Cc1ccccc1Cl)c1ccc2c(c1)OCO2. The van der Waals surface area contributed by atoms with Crippen LogP contribution in [0.1, 0.15) is 15.9 Å². The third-order valence-corrected chi connectivity index (χ3v) is 3.37. The number of ketones is 1. The van der Waals surface area contributed by atoms with Crippen molar-refractivity contribution in [2.45, 2.75) is 6.42 Å². The Morgan fingerprint density at radius 2 is 1.89 bits per heavy atom. The summed E-state index contributed by atoms with van der Waals surface area (Å²) in [5.41, 5.74) is 1.43. The molecular weight excluding hydrogens is 264 g/mol. The zero-order valence-electron chi connectivity index (χ0n) is 10.1. The molecule has 1 aliphatic heterocycles. The van der Waals surface area contributed by atoms with E-state index in [1.807, 2.05) is 18.2 Å². The molecule has 0 aromatic heterocycles. The first-order valence-corrected chi connectivity index (χ1v) is 6.28. The van der Waals surface area contributed by atoms with Crippen molar-refractivity contribution >= 4 is 17.4 Å². The minimum atomic E-state index is 0.00593. The Labute approximate surface area is 115 Å².